The second kappa shape index (κ2) is 8.03. The summed E-state index contributed by atoms with van der Waals surface area (Å²) in [6, 6.07) is 0. The average molecular weight is 416 g/mol. The highest BCUT2D eigenvalue weighted by molar-refractivity contribution is 7.13. The van der Waals surface area contributed by atoms with Crippen LogP contribution in [0.15, 0.2) is 12.5 Å². The molecule has 3 aromatic heterocycles. The number of thiazole rings is 1. The minimum atomic E-state index is -0.101. The number of fused-ring (bicyclic) bond motifs is 1. The summed E-state index contributed by atoms with van der Waals surface area (Å²) in [5.74, 6) is 0.777. The largest absolute Gasteiger partial charge is 0.372 e. The van der Waals surface area contributed by atoms with Crippen molar-refractivity contribution >= 4 is 34.1 Å². The van der Waals surface area contributed by atoms with E-state index in [1.165, 1.54) is 11.3 Å². The number of nitrogens with zero attached hydrogens (tertiary/aromatic N) is 6. The van der Waals surface area contributed by atoms with Gasteiger partial charge in [-0.25, -0.2) is 19.6 Å². The zero-order chi connectivity index (χ0) is 20.5. The van der Waals surface area contributed by atoms with Gasteiger partial charge in [0.15, 0.2) is 5.65 Å². The summed E-state index contributed by atoms with van der Waals surface area (Å²) in [7, 11) is 0. The SMILES string of the molecule is Cc1nc(C)c(C(=O)NCCn2ncc3c(N4CC(C)OC(C)C4)ncnc32)s1. The molecule has 3 aromatic rings. The summed E-state index contributed by atoms with van der Waals surface area (Å²) in [6.07, 6.45) is 3.66. The van der Waals surface area contributed by atoms with E-state index in [0.29, 0.717) is 18.0 Å². The number of carbonyl (C=O) groups excluding carboxylic acids is 1. The number of morpholine rings is 1. The molecule has 1 fully saturated rings. The molecular formula is C19H25N7O2S. The molecule has 2 atom stereocenters. The van der Waals surface area contributed by atoms with Crippen LogP contribution < -0.4 is 10.2 Å². The Kier molecular flexibility index (Phi) is 5.46. The van der Waals surface area contributed by atoms with Crippen molar-refractivity contribution < 1.29 is 9.53 Å². The molecule has 1 saturated heterocycles. The first-order valence-electron chi connectivity index (χ1n) is 9.71. The average Bonchev–Trinajstić information content (AvgIpc) is 3.23. The fourth-order valence-electron chi connectivity index (χ4n) is 3.74. The van der Waals surface area contributed by atoms with Gasteiger partial charge in [-0.1, -0.05) is 0 Å². The second-order valence-corrected chi connectivity index (χ2v) is 8.57. The fraction of sp³-hybridized carbons (Fsp3) is 0.526. The number of aromatic nitrogens is 5. The minimum Gasteiger partial charge on any atom is -0.372 e. The monoisotopic (exact) mass is 415 g/mol. The third-order valence-corrected chi connectivity index (χ3v) is 5.92. The Balaban J connectivity index is 1.47. The zero-order valence-corrected chi connectivity index (χ0v) is 17.9. The summed E-state index contributed by atoms with van der Waals surface area (Å²) in [5.41, 5.74) is 1.53. The van der Waals surface area contributed by atoms with Crippen molar-refractivity contribution in [1.82, 2.24) is 30.0 Å². The predicted octanol–water partition coefficient (Wildman–Crippen LogP) is 1.94. The van der Waals surface area contributed by atoms with Crippen LogP contribution in [-0.4, -0.2) is 62.5 Å². The van der Waals surface area contributed by atoms with Crippen LogP contribution in [0.25, 0.3) is 11.0 Å². The highest BCUT2D eigenvalue weighted by Gasteiger charge is 2.25. The molecule has 1 aliphatic rings. The molecule has 0 aromatic carbocycles. The van der Waals surface area contributed by atoms with E-state index in [0.717, 1.165) is 40.6 Å². The van der Waals surface area contributed by atoms with Crippen LogP contribution in [-0.2, 0) is 11.3 Å². The van der Waals surface area contributed by atoms with Crippen molar-refractivity contribution in [3.63, 3.8) is 0 Å². The molecule has 0 radical (unpaired) electrons. The van der Waals surface area contributed by atoms with Gasteiger partial charge in [-0.05, 0) is 27.7 Å². The van der Waals surface area contributed by atoms with Gasteiger partial charge in [-0.2, -0.15) is 5.10 Å². The maximum Gasteiger partial charge on any atom is 0.263 e. The highest BCUT2D eigenvalue weighted by Crippen LogP contribution is 2.25. The molecule has 1 N–H and O–H groups in total. The molecule has 4 rings (SSSR count). The number of rotatable bonds is 5. The van der Waals surface area contributed by atoms with Gasteiger partial charge in [0.1, 0.15) is 17.0 Å². The summed E-state index contributed by atoms with van der Waals surface area (Å²) in [4.78, 5) is 28.5. The van der Waals surface area contributed by atoms with Crippen LogP contribution >= 0.6 is 11.3 Å². The Morgan fingerprint density at radius 1 is 1.28 bits per heavy atom. The number of nitrogens with one attached hydrogen (secondary N) is 1. The minimum absolute atomic E-state index is 0.101. The van der Waals surface area contributed by atoms with Gasteiger partial charge in [-0.15, -0.1) is 11.3 Å². The standard InChI is InChI=1S/C19H25N7O2S/c1-11-8-25(9-12(2)28-11)17-15-7-23-26(18(15)22-10-21-17)6-5-20-19(27)16-13(3)24-14(4)29-16/h7,10-12H,5-6,8-9H2,1-4H3,(H,20,27). The van der Waals surface area contributed by atoms with E-state index in [4.69, 9.17) is 4.74 Å². The molecule has 10 heteroatoms. The van der Waals surface area contributed by atoms with E-state index < -0.39 is 0 Å². The number of carbonyl (C=O) groups is 1. The maximum atomic E-state index is 12.4. The van der Waals surface area contributed by atoms with Crippen molar-refractivity contribution in [3.05, 3.63) is 28.1 Å². The fourth-order valence-corrected chi connectivity index (χ4v) is 4.58. The lowest BCUT2D eigenvalue weighted by Crippen LogP contribution is -2.45. The van der Waals surface area contributed by atoms with Crippen molar-refractivity contribution in [2.75, 3.05) is 24.5 Å². The van der Waals surface area contributed by atoms with Crippen LogP contribution in [0.4, 0.5) is 5.82 Å². The molecule has 1 amide bonds. The smallest absolute Gasteiger partial charge is 0.263 e. The molecular weight excluding hydrogens is 390 g/mol. The lowest BCUT2D eigenvalue weighted by molar-refractivity contribution is -0.00537. The summed E-state index contributed by atoms with van der Waals surface area (Å²) >= 11 is 1.41. The van der Waals surface area contributed by atoms with Crippen molar-refractivity contribution in [3.8, 4) is 0 Å². The molecule has 0 saturated carbocycles. The van der Waals surface area contributed by atoms with Crippen LogP contribution in [0.2, 0.25) is 0 Å². The number of hydrogen-bond donors (Lipinski definition) is 1. The zero-order valence-electron chi connectivity index (χ0n) is 17.0. The molecule has 29 heavy (non-hydrogen) atoms. The van der Waals surface area contributed by atoms with Gasteiger partial charge in [0.25, 0.3) is 5.91 Å². The molecule has 154 valence electrons. The Bertz CT molecular complexity index is 1020. The number of hydrogen-bond acceptors (Lipinski definition) is 8. The van der Waals surface area contributed by atoms with Crippen LogP contribution in [0.1, 0.15) is 34.2 Å². The molecule has 4 heterocycles. The molecule has 9 nitrogen and oxygen atoms in total. The van der Waals surface area contributed by atoms with E-state index in [-0.39, 0.29) is 18.1 Å². The highest BCUT2D eigenvalue weighted by atomic mass is 32.1. The third-order valence-electron chi connectivity index (χ3n) is 4.85. The van der Waals surface area contributed by atoms with Crippen LogP contribution in [0.5, 0.6) is 0 Å². The Labute approximate surface area is 173 Å². The van der Waals surface area contributed by atoms with Crippen molar-refractivity contribution in [2.45, 2.75) is 46.4 Å². The van der Waals surface area contributed by atoms with Crippen LogP contribution in [0, 0.1) is 13.8 Å². The van der Waals surface area contributed by atoms with Gasteiger partial charge in [0.2, 0.25) is 0 Å². The van der Waals surface area contributed by atoms with E-state index in [1.807, 2.05) is 13.8 Å². The van der Waals surface area contributed by atoms with E-state index in [9.17, 15) is 4.79 Å². The summed E-state index contributed by atoms with van der Waals surface area (Å²) in [5, 5.41) is 9.22. The topological polar surface area (TPSA) is 98.1 Å². The third kappa shape index (κ3) is 4.08. The second-order valence-electron chi connectivity index (χ2n) is 7.37. The first kappa shape index (κ1) is 19.7. The van der Waals surface area contributed by atoms with E-state index in [2.05, 4.69) is 44.1 Å². The van der Waals surface area contributed by atoms with Gasteiger partial charge in [0, 0.05) is 19.6 Å². The maximum absolute atomic E-state index is 12.4. The number of aryl methyl sites for hydroxylation is 2. The van der Waals surface area contributed by atoms with Crippen LogP contribution in [0.3, 0.4) is 0 Å². The first-order valence-corrected chi connectivity index (χ1v) is 10.5. The molecule has 1 aliphatic heterocycles. The predicted molar refractivity (Wildman–Crippen MR) is 111 cm³/mol. The van der Waals surface area contributed by atoms with Gasteiger partial charge < -0.3 is 15.0 Å². The molecule has 0 bridgehead atoms. The number of amides is 1. The normalized spacial score (nSPS) is 19.7. The Morgan fingerprint density at radius 2 is 2.03 bits per heavy atom. The van der Waals surface area contributed by atoms with Gasteiger partial charge >= 0.3 is 0 Å². The first-order chi connectivity index (χ1) is 13.9. The lowest BCUT2D eigenvalue weighted by Gasteiger charge is -2.36. The van der Waals surface area contributed by atoms with E-state index in [1.54, 1.807) is 17.2 Å². The summed E-state index contributed by atoms with van der Waals surface area (Å²) < 4.78 is 7.63. The summed E-state index contributed by atoms with van der Waals surface area (Å²) in [6.45, 7) is 10.4. The quantitative estimate of drug-likeness (QED) is 0.680. The van der Waals surface area contributed by atoms with E-state index >= 15 is 0 Å². The van der Waals surface area contributed by atoms with Crippen molar-refractivity contribution in [2.24, 2.45) is 0 Å². The van der Waals surface area contributed by atoms with Gasteiger partial charge in [-0.3, -0.25) is 4.79 Å². The lowest BCUT2D eigenvalue weighted by atomic mass is 10.2. The Morgan fingerprint density at radius 3 is 2.72 bits per heavy atom. The number of ether oxygens (including phenoxy) is 1. The van der Waals surface area contributed by atoms with Crippen molar-refractivity contribution in [1.29, 1.82) is 0 Å². The Hall–Kier alpha value is -2.59. The van der Waals surface area contributed by atoms with Gasteiger partial charge in [0.05, 0.1) is 41.0 Å². The molecule has 0 aliphatic carbocycles. The molecule has 0 spiro atoms. The number of anilines is 1. The molecule has 2 unspecified atom stereocenters.